The van der Waals surface area contributed by atoms with E-state index in [1.165, 1.54) is 154 Å². The van der Waals surface area contributed by atoms with Gasteiger partial charge in [0.2, 0.25) is 5.91 Å². The highest BCUT2D eigenvalue weighted by Crippen LogP contribution is 2.23. The van der Waals surface area contributed by atoms with Gasteiger partial charge in [-0.2, -0.15) is 0 Å². The van der Waals surface area contributed by atoms with Crippen LogP contribution in [0.3, 0.4) is 0 Å². The molecule has 0 aromatic heterocycles. The summed E-state index contributed by atoms with van der Waals surface area (Å²) in [6.45, 7) is 3.40. The molecule has 0 radical (unpaired) electrons. The van der Waals surface area contributed by atoms with Crippen molar-refractivity contribution in [2.24, 2.45) is 0 Å². The van der Waals surface area contributed by atoms with Gasteiger partial charge in [0.25, 0.3) is 0 Å². The fourth-order valence-electron chi connectivity index (χ4n) is 8.58. The number of carbonyl (C=O) groups excluding carboxylic acids is 1. The molecule has 1 aliphatic heterocycles. The van der Waals surface area contributed by atoms with Crippen molar-refractivity contribution in [3.05, 3.63) is 24.3 Å². The van der Waals surface area contributed by atoms with Crippen molar-refractivity contribution in [3.8, 4) is 0 Å². The van der Waals surface area contributed by atoms with Gasteiger partial charge in [0.1, 0.15) is 36.6 Å². The number of nitrogens with one attached hydrogen (secondary N) is 1. The molecule has 0 aromatic rings. The van der Waals surface area contributed by atoms with Crippen molar-refractivity contribution in [1.29, 1.82) is 0 Å². The van der Waals surface area contributed by atoms with E-state index in [4.69, 9.17) is 9.47 Å². The summed E-state index contributed by atoms with van der Waals surface area (Å²) in [6.07, 6.45) is 38.2. The number of aliphatic hydroxyl groups excluding tert-OH is 7. The molecule has 8 N–H and O–H groups in total. The monoisotopic (exact) mass is 912 g/mol. The number of amides is 1. The van der Waals surface area contributed by atoms with Crippen molar-refractivity contribution in [2.75, 3.05) is 13.2 Å². The normalized spacial score (nSPS) is 21.2. The van der Waals surface area contributed by atoms with Crippen LogP contribution in [-0.4, -0.2) is 110 Å². The molecule has 1 rings (SSSR count). The highest BCUT2D eigenvalue weighted by molar-refractivity contribution is 5.80. The molecule has 0 bridgehead atoms. The topological polar surface area (TPSA) is 189 Å². The van der Waals surface area contributed by atoms with E-state index in [1.807, 2.05) is 0 Å². The van der Waals surface area contributed by atoms with Crippen molar-refractivity contribution in [2.45, 2.75) is 294 Å². The Morgan fingerprint density at radius 3 is 1.39 bits per heavy atom. The molecule has 0 aliphatic carbocycles. The molecule has 9 unspecified atom stereocenters. The number of aliphatic hydroxyl groups is 7. The summed E-state index contributed by atoms with van der Waals surface area (Å²) in [4.78, 5) is 13.1. The number of unbranched alkanes of at least 4 members (excludes halogenated alkanes) is 29. The summed E-state index contributed by atoms with van der Waals surface area (Å²) in [5, 5.41) is 75.8. The summed E-state index contributed by atoms with van der Waals surface area (Å²) in [6, 6.07) is -1.19. The first kappa shape index (κ1) is 60.6. The lowest BCUT2D eigenvalue weighted by Crippen LogP contribution is -2.60. The summed E-state index contributed by atoms with van der Waals surface area (Å²) in [5.74, 6) is -0.708. The van der Waals surface area contributed by atoms with Crippen LogP contribution < -0.4 is 5.32 Å². The minimum atomic E-state index is -1.67. The number of ether oxygens (including phenoxy) is 2. The molecule has 9 atom stereocenters. The summed E-state index contributed by atoms with van der Waals surface area (Å²) >= 11 is 0. The van der Waals surface area contributed by atoms with Gasteiger partial charge in [-0.25, -0.2) is 0 Å². The molecule has 1 fully saturated rings. The molecule has 11 nitrogen and oxygen atoms in total. The average molecular weight is 912 g/mol. The van der Waals surface area contributed by atoms with Crippen molar-refractivity contribution in [1.82, 2.24) is 5.32 Å². The van der Waals surface area contributed by atoms with E-state index in [1.54, 1.807) is 0 Å². The molecule has 0 saturated carbocycles. The first-order valence-electron chi connectivity index (χ1n) is 26.7. The maximum atomic E-state index is 13.1. The third kappa shape index (κ3) is 31.5. The molecule has 11 heteroatoms. The summed E-state index contributed by atoms with van der Waals surface area (Å²) < 4.78 is 11.1. The quantitative estimate of drug-likeness (QED) is 0.0216. The SMILES string of the molecule is CCCCC/C=C/CC/C=C/CCCC(O)C(O)C(COC1OC(CO)C(O)C(O)C1O)NC(=O)C(O)CCCCCCCCCCCCCCCCCCCCCCCCCCC. The van der Waals surface area contributed by atoms with Crippen molar-refractivity contribution in [3.63, 3.8) is 0 Å². The van der Waals surface area contributed by atoms with E-state index >= 15 is 0 Å². The van der Waals surface area contributed by atoms with Crippen molar-refractivity contribution < 1.29 is 50.0 Å². The number of allylic oxidation sites excluding steroid dienone is 4. The van der Waals surface area contributed by atoms with Crippen LogP contribution in [-0.2, 0) is 14.3 Å². The van der Waals surface area contributed by atoms with Crippen LogP contribution in [0.15, 0.2) is 24.3 Å². The molecule has 1 saturated heterocycles. The maximum Gasteiger partial charge on any atom is 0.249 e. The molecule has 64 heavy (non-hydrogen) atoms. The Kier molecular flexibility index (Phi) is 40.6. The van der Waals surface area contributed by atoms with E-state index in [0.29, 0.717) is 19.3 Å². The van der Waals surface area contributed by atoms with Gasteiger partial charge in [-0.15, -0.1) is 0 Å². The van der Waals surface area contributed by atoms with Crippen LogP contribution in [0.4, 0.5) is 0 Å². The van der Waals surface area contributed by atoms with E-state index in [-0.39, 0.29) is 12.8 Å². The Bertz CT molecular complexity index is 1090. The van der Waals surface area contributed by atoms with Crippen LogP contribution in [0.1, 0.15) is 239 Å². The van der Waals surface area contributed by atoms with Crippen LogP contribution >= 0.6 is 0 Å². The fraction of sp³-hybridized carbons (Fsp3) is 0.906. The Morgan fingerprint density at radius 1 is 0.531 bits per heavy atom. The lowest BCUT2D eigenvalue weighted by atomic mass is 9.98. The molecular formula is C53H101NO10. The Labute approximate surface area is 391 Å². The standard InChI is InChI=1S/C53H101NO10/c1-3-5-7-9-11-13-15-17-18-19-20-21-22-23-24-25-26-27-28-29-31-33-35-37-39-41-46(57)52(62)54-44(43-63-53-51(61)50(60)49(59)47(42-55)64-53)48(58)45(56)40-38-36-34-32-30-16-14-12-10-8-6-4-2/h12,14,32,34,44-51,53,55-61H,3-11,13,15-31,33,35-43H2,1-2H3,(H,54,62)/b14-12+,34-32+. The minimum absolute atomic E-state index is 0.247. The van der Waals surface area contributed by atoms with Gasteiger partial charge >= 0.3 is 0 Å². The van der Waals surface area contributed by atoms with Gasteiger partial charge in [0, 0.05) is 0 Å². The van der Waals surface area contributed by atoms with Gasteiger partial charge in [-0.3, -0.25) is 4.79 Å². The lowest BCUT2D eigenvalue weighted by Gasteiger charge is -2.40. The van der Waals surface area contributed by atoms with Crippen LogP contribution in [0.25, 0.3) is 0 Å². The summed E-state index contributed by atoms with van der Waals surface area (Å²) in [5.41, 5.74) is 0. The van der Waals surface area contributed by atoms with Crippen LogP contribution in [0, 0.1) is 0 Å². The molecular weight excluding hydrogens is 811 g/mol. The zero-order valence-electron chi connectivity index (χ0n) is 41.0. The highest BCUT2D eigenvalue weighted by atomic mass is 16.7. The molecule has 0 aromatic carbocycles. The Morgan fingerprint density at radius 2 is 0.938 bits per heavy atom. The van der Waals surface area contributed by atoms with Crippen LogP contribution in [0.5, 0.6) is 0 Å². The van der Waals surface area contributed by atoms with Gasteiger partial charge in [-0.1, -0.05) is 212 Å². The second-order valence-corrected chi connectivity index (χ2v) is 18.9. The predicted molar refractivity (Wildman–Crippen MR) is 261 cm³/mol. The first-order chi connectivity index (χ1) is 31.2. The maximum absolute atomic E-state index is 13.1. The van der Waals surface area contributed by atoms with Gasteiger partial charge in [0.15, 0.2) is 6.29 Å². The highest BCUT2D eigenvalue weighted by Gasteiger charge is 2.44. The Hall–Kier alpha value is -1.41. The number of hydrogen-bond donors (Lipinski definition) is 8. The summed E-state index contributed by atoms with van der Waals surface area (Å²) in [7, 11) is 0. The predicted octanol–water partition coefficient (Wildman–Crippen LogP) is 10.2. The second-order valence-electron chi connectivity index (χ2n) is 18.9. The third-order valence-electron chi connectivity index (χ3n) is 13.0. The van der Waals surface area contributed by atoms with Gasteiger partial charge in [0.05, 0.1) is 25.4 Å². The number of hydrogen-bond acceptors (Lipinski definition) is 10. The number of rotatable bonds is 45. The minimum Gasteiger partial charge on any atom is -0.394 e. The average Bonchev–Trinajstić information content (AvgIpc) is 3.29. The molecule has 1 heterocycles. The third-order valence-corrected chi connectivity index (χ3v) is 13.0. The van der Waals surface area contributed by atoms with Gasteiger partial charge < -0.3 is 50.5 Å². The Balaban J connectivity index is 2.30. The smallest absolute Gasteiger partial charge is 0.249 e. The fourth-order valence-corrected chi connectivity index (χ4v) is 8.58. The second kappa shape index (κ2) is 42.9. The molecule has 1 amide bonds. The zero-order chi connectivity index (χ0) is 46.9. The van der Waals surface area contributed by atoms with Gasteiger partial charge in [-0.05, 0) is 51.4 Å². The van der Waals surface area contributed by atoms with E-state index in [0.717, 1.165) is 38.5 Å². The van der Waals surface area contributed by atoms with Crippen LogP contribution in [0.2, 0.25) is 0 Å². The van der Waals surface area contributed by atoms with E-state index in [2.05, 4.69) is 43.5 Å². The lowest BCUT2D eigenvalue weighted by molar-refractivity contribution is -0.303. The molecule has 0 spiro atoms. The largest absolute Gasteiger partial charge is 0.394 e. The molecule has 378 valence electrons. The zero-order valence-corrected chi connectivity index (χ0v) is 41.0. The molecule has 1 aliphatic rings. The van der Waals surface area contributed by atoms with E-state index in [9.17, 15) is 40.5 Å². The van der Waals surface area contributed by atoms with E-state index < -0.39 is 74.2 Å². The first-order valence-corrected chi connectivity index (χ1v) is 26.7. The number of carbonyl (C=O) groups is 1. The van der Waals surface area contributed by atoms with Crippen molar-refractivity contribution >= 4 is 5.91 Å².